The minimum absolute atomic E-state index is 0. The van der Waals surface area contributed by atoms with Crippen LogP contribution in [0.15, 0.2) is 0 Å². The minimum Gasteiger partial charge on any atom is -1.00 e. The van der Waals surface area contributed by atoms with Crippen LogP contribution >= 0.6 is 0 Å². The van der Waals surface area contributed by atoms with E-state index in [-0.39, 0.29) is 34.8 Å². The summed E-state index contributed by atoms with van der Waals surface area (Å²) in [6.07, 6.45) is 0. The molecule has 17 heavy (non-hydrogen) atoms. The summed E-state index contributed by atoms with van der Waals surface area (Å²) in [5.41, 5.74) is 0.627. The molecule has 0 aromatic heterocycles. The monoisotopic (exact) mass is 353 g/mol. The second-order valence-corrected chi connectivity index (χ2v) is 7.07. The Bertz CT molecular complexity index is 209. The van der Waals surface area contributed by atoms with Gasteiger partial charge >= 0.3 is 22.4 Å². The van der Waals surface area contributed by atoms with Crippen LogP contribution in [-0.2, 0) is 22.4 Å². The van der Waals surface area contributed by atoms with Gasteiger partial charge in [-0.25, -0.2) is 0 Å². The van der Waals surface area contributed by atoms with E-state index >= 15 is 0 Å². The van der Waals surface area contributed by atoms with Gasteiger partial charge in [0.25, 0.3) is 0 Å². The molecule has 1 heterocycles. The molecule has 1 saturated heterocycles. The number of rotatable bonds is 0. The zero-order valence-corrected chi connectivity index (χ0v) is 14.5. The topological polar surface area (TPSA) is 6.48 Å². The fourth-order valence-electron chi connectivity index (χ4n) is 3.05. The maximum Gasteiger partial charge on any atom is 1.00 e. The number of nitrogens with zero attached hydrogens (tertiary/aromatic N) is 2. The zero-order chi connectivity index (χ0) is 12.0. The third-order valence-corrected chi connectivity index (χ3v) is 3.32. The third-order valence-electron chi connectivity index (χ3n) is 3.32. The Kier molecular flexibility index (Phi) is 7.64. The molecule has 1 rings (SSSR count). The Morgan fingerprint density at radius 3 is 1.18 bits per heavy atom. The van der Waals surface area contributed by atoms with Crippen LogP contribution in [0.3, 0.4) is 0 Å². The van der Waals surface area contributed by atoms with Crippen LogP contribution in [0.4, 0.5) is 0 Å². The molecule has 4 heteroatoms. The first-order valence-corrected chi connectivity index (χ1v) is 5.84. The third kappa shape index (κ3) is 4.52. The maximum absolute atomic E-state index is 2.37. The van der Waals surface area contributed by atoms with Gasteiger partial charge in [-0.3, -0.25) is 9.80 Å². The van der Waals surface area contributed by atoms with Crippen molar-refractivity contribution in [3.05, 3.63) is 6.67 Å². The van der Waals surface area contributed by atoms with Crippen LogP contribution < -0.4 is 12.4 Å². The summed E-state index contributed by atoms with van der Waals surface area (Å²) in [5.74, 6) is 0. The molecule has 0 bridgehead atoms. The first-order valence-electron chi connectivity index (χ1n) is 5.84. The van der Waals surface area contributed by atoms with Gasteiger partial charge in [0, 0.05) is 12.1 Å². The predicted octanol–water partition coefficient (Wildman–Crippen LogP) is -0.186. The van der Waals surface area contributed by atoms with E-state index in [9.17, 15) is 0 Å². The Balaban J connectivity index is 0. The van der Waals surface area contributed by atoms with E-state index in [1.807, 2.05) is 0 Å². The van der Waals surface area contributed by atoms with E-state index in [0.29, 0.717) is 22.9 Å². The van der Waals surface area contributed by atoms with E-state index in [1.54, 1.807) is 0 Å². The van der Waals surface area contributed by atoms with Gasteiger partial charge in [-0.2, -0.15) is 0 Å². The SMILES string of the molecule is CN1[CH]N(C)[C@H](C(C)(C)C)[C@H]1C(C)(C)C.[Ag+].[Cl-]. The van der Waals surface area contributed by atoms with Crippen molar-refractivity contribution in [3.63, 3.8) is 0 Å². The number of likely N-dealkylation sites (N-methyl/N-ethyl adjacent to an activating group) is 2. The van der Waals surface area contributed by atoms with Crippen LogP contribution in [-0.4, -0.2) is 36.0 Å². The van der Waals surface area contributed by atoms with Crippen molar-refractivity contribution < 1.29 is 34.8 Å². The summed E-state index contributed by atoms with van der Waals surface area (Å²) >= 11 is 0. The van der Waals surface area contributed by atoms with Gasteiger partial charge in [0.1, 0.15) is 0 Å². The molecule has 0 N–H and O–H groups in total. The van der Waals surface area contributed by atoms with Gasteiger partial charge < -0.3 is 12.4 Å². The quantitative estimate of drug-likeness (QED) is 0.557. The normalized spacial score (nSPS) is 27.5. The molecule has 1 aliphatic rings. The average molecular weight is 355 g/mol. The van der Waals surface area contributed by atoms with Crippen molar-refractivity contribution in [2.75, 3.05) is 14.1 Å². The molecule has 0 aliphatic carbocycles. The van der Waals surface area contributed by atoms with Crippen LogP contribution in [0, 0.1) is 17.5 Å². The number of hydrogen-bond acceptors (Lipinski definition) is 2. The van der Waals surface area contributed by atoms with E-state index in [1.165, 1.54) is 0 Å². The molecule has 1 aliphatic heterocycles. The Hall–Kier alpha value is 0.950. The molecule has 0 spiro atoms. The van der Waals surface area contributed by atoms with Crippen molar-refractivity contribution in [2.24, 2.45) is 10.8 Å². The largest absolute Gasteiger partial charge is 1.00 e. The van der Waals surface area contributed by atoms with Crippen LogP contribution in [0.25, 0.3) is 0 Å². The van der Waals surface area contributed by atoms with Crippen molar-refractivity contribution in [2.45, 2.75) is 53.6 Å². The van der Waals surface area contributed by atoms with Gasteiger partial charge in [0.2, 0.25) is 0 Å². The minimum atomic E-state index is 0. The molecular weight excluding hydrogens is 327 g/mol. The second-order valence-electron chi connectivity index (χ2n) is 7.07. The number of hydrogen-bond donors (Lipinski definition) is 0. The summed E-state index contributed by atoms with van der Waals surface area (Å²) in [7, 11) is 4.39. The maximum atomic E-state index is 2.37. The van der Waals surface area contributed by atoms with E-state index in [4.69, 9.17) is 0 Å². The van der Waals surface area contributed by atoms with Gasteiger partial charge in [0.05, 0.1) is 6.67 Å². The molecule has 0 amide bonds. The van der Waals surface area contributed by atoms with Crippen LogP contribution in [0.2, 0.25) is 0 Å². The van der Waals surface area contributed by atoms with Crippen molar-refractivity contribution >= 4 is 0 Å². The fourth-order valence-corrected chi connectivity index (χ4v) is 3.05. The molecule has 1 fully saturated rings. The van der Waals surface area contributed by atoms with Gasteiger partial charge in [0.15, 0.2) is 0 Å². The summed E-state index contributed by atoms with van der Waals surface area (Å²) in [6, 6.07) is 1.17. The van der Waals surface area contributed by atoms with Gasteiger partial charge in [-0.05, 0) is 24.9 Å². The van der Waals surface area contributed by atoms with Crippen molar-refractivity contribution in [3.8, 4) is 0 Å². The molecule has 0 saturated carbocycles. The van der Waals surface area contributed by atoms with Gasteiger partial charge in [-0.15, -0.1) is 0 Å². The van der Waals surface area contributed by atoms with Crippen molar-refractivity contribution in [1.29, 1.82) is 0 Å². The Labute approximate surface area is 129 Å². The Morgan fingerprint density at radius 2 is 1.00 bits per heavy atom. The van der Waals surface area contributed by atoms with E-state index in [2.05, 4.69) is 72.1 Å². The molecule has 2 atom stereocenters. The van der Waals surface area contributed by atoms with E-state index in [0.717, 1.165) is 0 Å². The molecular formula is C13H27AgClN2. The fraction of sp³-hybridized carbons (Fsp3) is 0.923. The average Bonchev–Trinajstić information content (AvgIpc) is 2.22. The summed E-state index contributed by atoms with van der Waals surface area (Å²) < 4.78 is 0. The standard InChI is InChI=1S/C13H27N2.Ag.ClH/c1-12(2,3)10-11(13(4,5)6)15(8)9-14(10)7;;/h9-11H,1-8H3;;1H/q;+1;/p-1/t10-,11-;;/m0../s1. The molecule has 1 radical (unpaired) electrons. The second kappa shape index (κ2) is 6.40. The van der Waals surface area contributed by atoms with Crippen LogP contribution in [0.1, 0.15) is 41.5 Å². The Morgan fingerprint density at radius 1 is 0.765 bits per heavy atom. The molecule has 107 valence electrons. The van der Waals surface area contributed by atoms with E-state index < -0.39 is 0 Å². The first-order chi connectivity index (χ1) is 6.55. The molecule has 2 nitrogen and oxygen atoms in total. The number of halogens is 1. The molecule has 0 aromatic rings. The predicted molar refractivity (Wildman–Crippen MR) is 66.3 cm³/mol. The zero-order valence-electron chi connectivity index (χ0n) is 12.3. The summed E-state index contributed by atoms with van der Waals surface area (Å²) in [6.45, 7) is 16.2. The van der Waals surface area contributed by atoms with Crippen molar-refractivity contribution in [1.82, 2.24) is 9.80 Å². The summed E-state index contributed by atoms with van der Waals surface area (Å²) in [4.78, 5) is 4.74. The molecule has 0 unspecified atom stereocenters. The van der Waals surface area contributed by atoms with Crippen LogP contribution in [0.5, 0.6) is 0 Å². The smallest absolute Gasteiger partial charge is 1.00 e. The summed E-state index contributed by atoms with van der Waals surface area (Å²) in [5, 5.41) is 0. The first kappa shape index (κ1) is 20.3. The molecule has 0 aromatic carbocycles. The van der Waals surface area contributed by atoms with Gasteiger partial charge in [-0.1, -0.05) is 41.5 Å².